The lowest BCUT2D eigenvalue weighted by molar-refractivity contribution is -0.130. The highest BCUT2D eigenvalue weighted by Crippen LogP contribution is 2.26. The van der Waals surface area contributed by atoms with Gasteiger partial charge in [-0.25, -0.2) is 0 Å². The second-order valence-corrected chi connectivity index (χ2v) is 7.55. The normalized spacial score (nSPS) is 12.9. The number of amides is 3. The average molecular weight is 445 g/mol. The maximum absolute atomic E-state index is 12.4. The van der Waals surface area contributed by atoms with Crippen LogP contribution in [0.4, 0.5) is 0 Å². The molecule has 0 unspecified atom stereocenters. The maximum Gasteiger partial charge on any atom is 0.261 e. The molecule has 1 aliphatic rings. The topological polar surface area (TPSA) is 66.9 Å². The molecule has 0 saturated heterocycles. The zero-order valence-electron chi connectivity index (χ0n) is 15.8. The second-order valence-electron chi connectivity index (χ2n) is 6.63. The van der Waals surface area contributed by atoms with Gasteiger partial charge in [0.2, 0.25) is 5.91 Å². The Kier molecular flexibility index (Phi) is 6.14. The minimum Gasteiger partial charge on any atom is -0.491 e. The van der Waals surface area contributed by atoms with Gasteiger partial charge >= 0.3 is 0 Å². The Morgan fingerprint density at radius 1 is 1.11 bits per heavy atom. The first kappa shape index (κ1) is 20.1. The molecule has 3 rings (SSSR count). The zero-order valence-corrected chi connectivity index (χ0v) is 17.4. The summed E-state index contributed by atoms with van der Waals surface area (Å²) in [6.07, 6.45) is 0.0769. The predicted molar refractivity (Wildman–Crippen MR) is 108 cm³/mol. The number of benzene rings is 2. The van der Waals surface area contributed by atoms with Crippen LogP contribution in [0.3, 0.4) is 0 Å². The number of carbonyl (C=O) groups excluding carboxylic acids is 3. The molecule has 0 atom stereocenters. The van der Waals surface area contributed by atoms with Crippen LogP contribution in [0.2, 0.25) is 0 Å². The molecule has 0 N–H and O–H groups in total. The third-order valence-corrected chi connectivity index (χ3v) is 5.18. The van der Waals surface area contributed by atoms with E-state index in [1.54, 1.807) is 30.1 Å². The molecule has 0 aliphatic carbocycles. The van der Waals surface area contributed by atoms with Crippen LogP contribution >= 0.6 is 15.9 Å². The van der Waals surface area contributed by atoms with E-state index in [1.165, 1.54) is 0 Å². The summed E-state index contributed by atoms with van der Waals surface area (Å²) in [7, 11) is 1.68. The summed E-state index contributed by atoms with van der Waals surface area (Å²) in [6, 6.07) is 12.7. The van der Waals surface area contributed by atoms with Crippen molar-refractivity contribution in [3.63, 3.8) is 0 Å². The Morgan fingerprint density at radius 2 is 1.82 bits per heavy atom. The SMILES string of the molecule is Cc1ccccc1OCCN(C)C(=O)CCN1C(=O)c2ccc(Br)cc2C1=O. The van der Waals surface area contributed by atoms with Gasteiger partial charge in [0.1, 0.15) is 12.4 Å². The van der Waals surface area contributed by atoms with Crippen molar-refractivity contribution >= 4 is 33.7 Å². The Balaban J connectivity index is 1.49. The molecule has 0 fully saturated rings. The number of aryl methyl sites for hydroxylation is 1. The van der Waals surface area contributed by atoms with Gasteiger partial charge in [0, 0.05) is 24.5 Å². The zero-order chi connectivity index (χ0) is 20.3. The number of nitrogens with zero attached hydrogens (tertiary/aromatic N) is 2. The lowest BCUT2D eigenvalue weighted by atomic mass is 10.1. The maximum atomic E-state index is 12.4. The summed E-state index contributed by atoms with van der Waals surface area (Å²) in [5.41, 5.74) is 1.78. The molecule has 0 spiro atoms. The van der Waals surface area contributed by atoms with E-state index in [0.717, 1.165) is 20.7 Å². The molecule has 0 saturated carbocycles. The van der Waals surface area contributed by atoms with Crippen LogP contribution in [-0.2, 0) is 4.79 Å². The number of likely N-dealkylation sites (N-methyl/N-ethyl adjacent to an activating group) is 1. The molecule has 0 radical (unpaired) electrons. The number of imide groups is 1. The van der Waals surface area contributed by atoms with Gasteiger partial charge in [-0.2, -0.15) is 0 Å². The predicted octanol–water partition coefficient (Wildman–Crippen LogP) is 3.28. The summed E-state index contributed by atoms with van der Waals surface area (Å²) >= 11 is 3.30. The van der Waals surface area contributed by atoms with Gasteiger partial charge in [-0.1, -0.05) is 34.1 Å². The Hall–Kier alpha value is -2.67. The molecule has 0 aromatic heterocycles. The van der Waals surface area contributed by atoms with Crippen LogP contribution in [0.5, 0.6) is 5.75 Å². The number of halogens is 1. The number of hydrogen-bond acceptors (Lipinski definition) is 4. The van der Waals surface area contributed by atoms with Crippen molar-refractivity contribution in [1.29, 1.82) is 0 Å². The Labute approximate surface area is 172 Å². The minimum atomic E-state index is -0.361. The summed E-state index contributed by atoms with van der Waals surface area (Å²) < 4.78 is 6.44. The first-order valence-electron chi connectivity index (χ1n) is 8.96. The van der Waals surface area contributed by atoms with Crippen molar-refractivity contribution in [1.82, 2.24) is 9.80 Å². The number of para-hydroxylation sites is 1. The summed E-state index contributed by atoms with van der Waals surface area (Å²) in [6.45, 7) is 2.81. The van der Waals surface area contributed by atoms with E-state index in [4.69, 9.17) is 4.74 Å². The van der Waals surface area contributed by atoms with Gasteiger partial charge in [-0.05, 0) is 36.8 Å². The summed E-state index contributed by atoms with van der Waals surface area (Å²) in [4.78, 5) is 39.9. The number of rotatable bonds is 7. The highest BCUT2D eigenvalue weighted by atomic mass is 79.9. The minimum absolute atomic E-state index is 0.0613. The van der Waals surface area contributed by atoms with E-state index >= 15 is 0 Å². The smallest absolute Gasteiger partial charge is 0.261 e. The van der Waals surface area contributed by atoms with Crippen molar-refractivity contribution in [2.24, 2.45) is 0 Å². The fourth-order valence-electron chi connectivity index (χ4n) is 3.00. The van der Waals surface area contributed by atoms with Gasteiger partial charge in [-0.15, -0.1) is 0 Å². The van der Waals surface area contributed by atoms with E-state index in [2.05, 4.69) is 15.9 Å². The molecule has 1 aliphatic heterocycles. The van der Waals surface area contributed by atoms with Gasteiger partial charge in [0.05, 0.1) is 17.7 Å². The highest BCUT2D eigenvalue weighted by Gasteiger charge is 2.35. The molecule has 2 aromatic carbocycles. The highest BCUT2D eigenvalue weighted by molar-refractivity contribution is 9.10. The van der Waals surface area contributed by atoms with Crippen LogP contribution in [0.15, 0.2) is 46.9 Å². The van der Waals surface area contributed by atoms with Crippen LogP contribution in [0.25, 0.3) is 0 Å². The van der Waals surface area contributed by atoms with Crippen molar-refractivity contribution in [2.75, 3.05) is 26.7 Å². The van der Waals surface area contributed by atoms with Crippen molar-refractivity contribution in [3.05, 3.63) is 63.6 Å². The molecule has 0 bridgehead atoms. The van der Waals surface area contributed by atoms with Crippen LogP contribution < -0.4 is 4.74 Å². The monoisotopic (exact) mass is 444 g/mol. The van der Waals surface area contributed by atoms with Crippen LogP contribution in [0.1, 0.15) is 32.7 Å². The first-order chi connectivity index (χ1) is 13.4. The fraction of sp³-hybridized carbons (Fsp3) is 0.286. The largest absolute Gasteiger partial charge is 0.491 e. The van der Waals surface area contributed by atoms with Crippen molar-refractivity contribution in [2.45, 2.75) is 13.3 Å². The van der Waals surface area contributed by atoms with Gasteiger partial charge in [0.15, 0.2) is 0 Å². The Morgan fingerprint density at radius 3 is 2.57 bits per heavy atom. The number of ether oxygens (including phenoxy) is 1. The number of fused-ring (bicyclic) bond motifs is 1. The summed E-state index contributed by atoms with van der Waals surface area (Å²) in [5, 5.41) is 0. The van der Waals surface area contributed by atoms with Gasteiger partial charge in [0.25, 0.3) is 11.8 Å². The van der Waals surface area contributed by atoms with Crippen LogP contribution in [-0.4, -0.2) is 54.3 Å². The Bertz CT molecular complexity index is 928. The lowest BCUT2D eigenvalue weighted by Crippen LogP contribution is -2.36. The summed E-state index contributed by atoms with van der Waals surface area (Å²) in [5.74, 6) is -0.0721. The van der Waals surface area contributed by atoms with Crippen molar-refractivity contribution < 1.29 is 19.1 Å². The molecule has 2 aromatic rings. The number of hydrogen-bond donors (Lipinski definition) is 0. The fourth-order valence-corrected chi connectivity index (χ4v) is 3.36. The molecule has 146 valence electrons. The van der Waals surface area contributed by atoms with E-state index in [-0.39, 0.29) is 30.7 Å². The van der Waals surface area contributed by atoms with E-state index in [0.29, 0.717) is 24.3 Å². The van der Waals surface area contributed by atoms with Crippen molar-refractivity contribution in [3.8, 4) is 5.75 Å². The molecular weight excluding hydrogens is 424 g/mol. The number of carbonyl (C=O) groups is 3. The van der Waals surface area contributed by atoms with Gasteiger partial charge in [-0.3, -0.25) is 19.3 Å². The molecule has 1 heterocycles. The van der Waals surface area contributed by atoms with E-state index in [9.17, 15) is 14.4 Å². The quantitative estimate of drug-likeness (QED) is 0.614. The molecule has 6 nitrogen and oxygen atoms in total. The van der Waals surface area contributed by atoms with E-state index < -0.39 is 0 Å². The van der Waals surface area contributed by atoms with Crippen LogP contribution in [0, 0.1) is 6.92 Å². The average Bonchev–Trinajstić information content (AvgIpc) is 2.91. The third-order valence-electron chi connectivity index (χ3n) is 4.69. The molecule has 7 heteroatoms. The standard InChI is InChI=1S/C21H21BrN2O4/c1-14-5-3-4-6-18(14)28-12-11-23(2)19(25)9-10-24-20(26)16-8-7-15(22)13-17(16)21(24)27/h3-8,13H,9-12H2,1-2H3. The first-order valence-corrected chi connectivity index (χ1v) is 9.76. The second kappa shape index (κ2) is 8.56. The molecular formula is C21H21BrN2O4. The third kappa shape index (κ3) is 4.25. The van der Waals surface area contributed by atoms with E-state index in [1.807, 2.05) is 31.2 Å². The molecule has 3 amide bonds. The lowest BCUT2D eigenvalue weighted by Gasteiger charge is -2.20. The molecule has 28 heavy (non-hydrogen) atoms. The van der Waals surface area contributed by atoms with Gasteiger partial charge < -0.3 is 9.64 Å².